The summed E-state index contributed by atoms with van der Waals surface area (Å²) in [7, 11) is -2.90. The predicted octanol–water partition coefficient (Wildman–Crippen LogP) is 2.31. The van der Waals surface area contributed by atoms with E-state index >= 15 is 0 Å². The fourth-order valence-corrected chi connectivity index (χ4v) is 4.46. The average molecular weight is 317 g/mol. The van der Waals surface area contributed by atoms with Crippen LogP contribution in [0, 0.1) is 0 Å². The average Bonchev–Trinajstić information content (AvgIpc) is 3.13. The van der Waals surface area contributed by atoms with Crippen LogP contribution in [0.5, 0.6) is 0 Å². The molecule has 114 valence electrons. The zero-order valence-electron chi connectivity index (χ0n) is 11.8. The van der Waals surface area contributed by atoms with Crippen LogP contribution in [0.3, 0.4) is 0 Å². The molecule has 1 aliphatic rings. The fraction of sp³-hybridized carbons (Fsp3) is 0.333. The highest BCUT2D eigenvalue weighted by Crippen LogP contribution is 2.32. The first kappa shape index (κ1) is 13.5. The molecule has 4 heterocycles. The molecule has 0 aliphatic carbocycles. The minimum absolute atomic E-state index is 0.0998. The molecule has 3 aromatic heterocycles. The van der Waals surface area contributed by atoms with E-state index in [9.17, 15) is 8.42 Å². The molecule has 0 N–H and O–H groups in total. The summed E-state index contributed by atoms with van der Waals surface area (Å²) >= 11 is 0. The molecule has 0 spiro atoms. The largest absolute Gasteiger partial charge is 0.448 e. The van der Waals surface area contributed by atoms with Gasteiger partial charge in [0, 0.05) is 18.2 Å². The SMILES string of the molecule is O=S1(=O)CCC(c2nc3cccnc3n2-c2ccco2)CC1. The standard InChI is InChI=1S/C15H15N3O3S/c19-22(20)9-5-11(6-10-22)14-17-12-3-1-7-16-15(12)18(14)13-4-2-8-21-13/h1-4,7-8,11H,5-6,9-10H2. The summed E-state index contributed by atoms with van der Waals surface area (Å²) in [6, 6.07) is 7.43. The maximum Gasteiger partial charge on any atom is 0.206 e. The molecule has 7 heteroatoms. The smallest absolute Gasteiger partial charge is 0.206 e. The van der Waals surface area contributed by atoms with Gasteiger partial charge < -0.3 is 4.42 Å². The minimum atomic E-state index is -2.90. The molecule has 3 aromatic rings. The Balaban J connectivity index is 1.85. The van der Waals surface area contributed by atoms with E-state index < -0.39 is 9.84 Å². The van der Waals surface area contributed by atoms with Crippen molar-refractivity contribution in [1.82, 2.24) is 14.5 Å². The molecule has 22 heavy (non-hydrogen) atoms. The highest BCUT2D eigenvalue weighted by molar-refractivity contribution is 7.91. The Bertz CT molecular complexity index is 899. The predicted molar refractivity (Wildman–Crippen MR) is 81.8 cm³/mol. The van der Waals surface area contributed by atoms with E-state index in [1.807, 2.05) is 28.8 Å². The molecular weight excluding hydrogens is 302 g/mol. The second-order valence-corrected chi connectivity index (χ2v) is 7.83. The molecule has 1 aliphatic heterocycles. The number of aromatic nitrogens is 3. The lowest BCUT2D eigenvalue weighted by Gasteiger charge is -2.21. The molecule has 6 nitrogen and oxygen atoms in total. The fourth-order valence-electron chi connectivity index (χ4n) is 2.97. The number of pyridine rings is 1. The van der Waals surface area contributed by atoms with Crippen molar-refractivity contribution in [2.45, 2.75) is 18.8 Å². The van der Waals surface area contributed by atoms with Gasteiger partial charge in [-0.05, 0) is 31.0 Å². The topological polar surface area (TPSA) is 78.0 Å². The van der Waals surface area contributed by atoms with E-state index in [1.165, 1.54) is 0 Å². The van der Waals surface area contributed by atoms with Gasteiger partial charge in [0.25, 0.3) is 0 Å². The van der Waals surface area contributed by atoms with Gasteiger partial charge in [0.15, 0.2) is 5.65 Å². The third-order valence-corrected chi connectivity index (χ3v) is 5.80. The molecule has 0 atom stereocenters. The van der Waals surface area contributed by atoms with E-state index in [2.05, 4.69) is 9.97 Å². The van der Waals surface area contributed by atoms with Gasteiger partial charge in [-0.2, -0.15) is 0 Å². The first-order chi connectivity index (χ1) is 10.6. The molecule has 0 amide bonds. The normalized spacial score (nSPS) is 18.7. The molecule has 0 bridgehead atoms. The van der Waals surface area contributed by atoms with Crippen molar-refractivity contribution in [3.8, 4) is 5.88 Å². The van der Waals surface area contributed by atoms with E-state index in [1.54, 1.807) is 12.5 Å². The quantitative estimate of drug-likeness (QED) is 0.725. The zero-order valence-corrected chi connectivity index (χ0v) is 12.7. The number of fused-ring (bicyclic) bond motifs is 1. The Hall–Kier alpha value is -2.15. The van der Waals surface area contributed by atoms with Crippen molar-refractivity contribution in [2.24, 2.45) is 0 Å². The van der Waals surface area contributed by atoms with Gasteiger partial charge in [-0.25, -0.2) is 23.0 Å². The van der Waals surface area contributed by atoms with Gasteiger partial charge in [-0.3, -0.25) is 0 Å². The van der Waals surface area contributed by atoms with E-state index in [0.717, 1.165) is 17.0 Å². The third kappa shape index (κ3) is 2.21. The van der Waals surface area contributed by atoms with Gasteiger partial charge in [-0.1, -0.05) is 0 Å². The highest BCUT2D eigenvalue weighted by atomic mass is 32.2. The molecule has 1 saturated heterocycles. The van der Waals surface area contributed by atoms with Crippen molar-refractivity contribution in [3.05, 3.63) is 42.5 Å². The molecule has 0 aromatic carbocycles. The molecular formula is C15H15N3O3S. The number of rotatable bonds is 2. The summed E-state index contributed by atoms with van der Waals surface area (Å²) in [6.07, 6.45) is 4.51. The highest BCUT2D eigenvalue weighted by Gasteiger charge is 2.29. The van der Waals surface area contributed by atoms with Crippen LogP contribution < -0.4 is 0 Å². The van der Waals surface area contributed by atoms with Crippen LogP contribution in [-0.4, -0.2) is 34.5 Å². The first-order valence-electron chi connectivity index (χ1n) is 7.22. The summed E-state index contributed by atoms with van der Waals surface area (Å²) in [4.78, 5) is 9.09. The Morgan fingerprint density at radius 3 is 2.73 bits per heavy atom. The summed E-state index contributed by atoms with van der Waals surface area (Å²) in [5.74, 6) is 2.02. The Labute approximate surface area is 127 Å². The van der Waals surface area contributed by atoms with Gasteiger partial charge >= 0.3 is 0 Å². The number of imidazole rings is 1. The second-order valence-electron chi connectivity index (χ2n) is 5.53. The van der Waals surface area contributed by atoms with Gasteiger partial charge in [-0.15, -0.1) is 0 Å². The van der Waals surface area contributed by atoms with Crippen LogP contribution in [0.4, 0.5) is 0 Å². The molecule has 0 radical (unpaired) electrons. The van der Waals surface area contributed by atoms with Crippen LogP contribution in [-0.2, 0) is 9.84 Å². The lowest BCUT2D eigenvalue weighted by molar-refractivity contribution is 0.505. The van der Waals surface area contributed by atoms with Gasteiger partial charge in [0.05, 0.1) is 17.8 Å². The number of hydrogen-bond acceptors (Lipinski definition) is 5. The number of sulfone groups is 1. The molecule has 0 unspecified atom stereocenters. The number of hydrogen-bond donors (Lipinski definition) is 0. The van der Waals surface area contributed by atoms with E-state index in [-0.39, 0.29) is 17.4 Å². The summed E-state index contributed by atoms with van der Waals surface area (Å²) in [5, 5.41) is 0. The van der Waals surface area contributed by atoms with Crippen LogP contribution in [0.1, 0.15) is 24.6 Å². The Morgan fingerprint density at radius 2 is 2.00 bits per heavy atom. The summed E-state index contributed by atoms with van der Waals surface area (Å²) < 4.78 is 30.7. The monoisotopic (exact) mass is 317 g/mol. The summed E-state index contributed by atoms with van der Waals surface area (Å²) in [5.41, 5.74) is 1.53. The number of nitrogens with zero attached hydrogens (tertiary/aromatic N) is 3. The second kappa shape index (κ2) is 4.95. The zero-order chi connectivity index (χ0) is 15.2. The van der Waals surface area contributed by atoms with Crippen molar-refractivity contribution in [2.75, 3.05) is 11.5 Å². The van der Waals surface area contributed by atoms with Gasteiger partial charge in [0.1, 0.15) is 21.2 Å². The van der Waals surface area contributed by atoms with Crippen molar-refractivity contribution in [1.29, 1.82) is 0 Å². The number of furan rings is 1. The van der Waals surface area contributed by atoms with E-state index in [0.29, 0.717) is 18.7 Å². The maximum absolute atomic E-state index is 11.7. The lowest BCUT2D eigenvalue weighted by Crippen LogP contribution is -2.24. The minimum Gasteiger partial charge on any atom is -0.448 e. The summed E-state index contributed by atoms with van der Waals surface area (Å²) in [6.45, 7) is 0. The van der Waals surface area contributed by atoms with Crippen LogP contribution in [0.15, 0.2) is 41.1 Å². The Kier molecular flexibility index (Phi) is 3.04. The van der Waals surface area contributed by atoms with Crippen molar-refractivity contribution >= 4 is 21.0 Å². The third-order valence-electron chi connectivity index (χ3n) is 4.09. The molecule has 4 rings (SSSR count). The molecule has 0 saturated carbocycles. The molecule has 1 fully saturated rings. The Morgan fingerprint density at radius 1 is 1.18 bits per heavy atom. The van der Waals surface area contributed by atoms with Crippen LogP contribution >= 0.6 is 0 Å². The van der Waals surface area contributed by atoms with Crippen LogP contribution in [0.25, 0.3) is 17.0 Å². The van der Waals surface area contributed by atoms with E-state index in [4.69, 9.17) is 4.42 Å². The maximum atomic E-state index is 11.7. The van der Waals surface area contributed by atoms with Gasteiger partial charge in [0.2, 0.25) is 5.88 Å². The van der Waals surface area contributed by atoms with Crippen molar-refractivity contribution in [3.63, 3.8) is 0 Å². The lowest BCUT2D eigenvalue weighted by atomic mass is 10.0. The first-order valence-corrected chi connectivity index (χ1v) is 9.04. The van der Waals surface area contributed by atoms with Crippen LogP contribution in [0.2, 0.25) is 0 Å². The van der Waals surface area contributed by atoms with Crippen molar-refractivity contribution < 1.29 is 12.8 Å².